The Bertz CT molecular complexity index is 1380. The Morgan fingerprint density at radius 1 is 1.00 bits per heavy atom. The van der Waals surface area contributed by atoms with Gasteiger partial charge in [0.15, 0.2) is 0 Å². The maximum atomic E-state index is 13.3. The lowest BCUT2D eigenvalue weighted by molar-refractivity contribution is 0.0906. The summed E-state index contributed by atoms with van der Waals surface area (Å²) in [6.07, 6.45) is 6.42. The molecule has 0 radical (unpaired) electrons. The number of fused-ring (bicyclic) bond motifs is 3. The van der Waals surface area contributed by atoms with Gasteiger partial charge in [-0.1, -0.05) is 18.2 Å². The van der Waals surface area contributed by atoms with Crippen LogP contribution >= 0.6 is 0 Å². The van der Waals surface area contributed by atoms with Gasteiger partial charge >= 0.3 is 0 Å². The van der Waals surface area contributed by atoms with Gasteiger partial charge in [-0.3, -0.25) is 14.9 Å². The van der Waals surface area contributed by atoms with Gasteiger partial charge in [0.25, 0.3) is 5.91 Å². The number of anilines is 1. The van der Waals surface area contributed by atoms with Gasteiger partial charge in [0.1, 0.15) is 0 Å². The molecule has 3 aliphatic rings. The van der Waals surface area contributed by atoms with Crippen molar-refractivity contribution in [2.45, 2.75) is 43.8 Å². The zero-order valence-electron chi connectivity index (χ0n) is 20.1. The molecular weight excluding hydrogens is 450 g/mol. The van der Waals surface area contributed by atoms with Crippen LogP contribution in [0.2, 0.25) is 0 Å². The fraction of sp³-hybridized carbons (Fsp3) is 0.345. The van der Waals surface area contributed by atoms with Gasteiger partial charge in [-0.05, 0) is 74.1 Å². The lowest BCUT2D eigenvalue weighted by Gasteiger charge is -2.36. The van der Waals surface area contributed by atoms with Crippen LogP contribution in [0.4, 0.5) is 5.69 Å². The fourth-order valence-electron chi connectivity index (χ4n) is 5.86. The number of pyridine rings is 1. The zero-order valence-corrected chi connectivity index (χ0v) is 20.1. The second-order valence-electron chi connectivity index (χ2n) is 10.3. The van der Waals surface area contributed by atoms with Crippen LogP contribution < -0.4 is 10.2 Å². The second kappa shape index (κ2) is 8.75. The monoisotopic (exact) mass is 479 g/mol. The Kier molecular flexibility index (Phi) is 5.24. The van der Waals surface area contributed by atoms with E-state index in [1.54, 1.807) is 6.20 Å². The molecule has 2 N–H and O–H groups in total. The number of amides is 1. The molecule has 2 aromatic carbocycles. The summed E-state index contributed by atoms with van der Waals surface area (Å²) >= 11 is 0. The largest absolute Gasteiger partial charge is 0.377 e. The first-order valence-corrected chi connectivity index (χ1v) is 12.9. The van der Waals surface area contributed by atoms with Gasteiger partial charge < -0.3 is 15.0 Å². The van der Waals surface area contributed by atoms with Crippen molar-refractivity contribution in [1.29, 1.82) is 0 Å². The Morgan fingerprint density at radius 2 is 1.81 bits per heavy atom. The molecular formula is C29H29N5O2. The molecule has 0 spiro atoms. The number of aromatic nitrogens is 3. The molecule has 1 aliphatic carbocycles. The molecule has 7 heteroatoms. The molecule has 36 heavy (non-hydrogen) atoms. The van der Waals surface area contributed by atoms with Gasteiger partial charge in [0, 0.05) is 28.4 Å². The number of morpholine rings is 1. The van der Waals surface area contributed by atoms with Crippen molar-refractivity contribution in [1.82, 2.24) is 20.5 Å². The third kappa shape index (κ3) is 3.84. The Hall–Kier alpha value is -3.71. The minimum Gasteiger partial charge on any atom is -0.377 e. The topological polar surface area (TPSA) is 83.1 Å². The van der Waals surface area contributed by atoms with E-state index in [1.807, 2.05) is 36.4 Å². The van der Waals surface area contributed by atoms with Crippen LogP contribution in [0.5, 0.6) is 0 Å². The molecule has 2 aromatic heterocycles. The smallest absolute Gasteiger partial charge is 0.251 e. The lowest BCUT2D eigenvalue weighted by atomic mass is 10.0. The molecule has 1 amide bonds. The van der Waals surface area contributed by atoms with Crippen LogP contribution in [0.3, 0.4) is 0 Å². The molecule has 3 fully saturated rings. The number of benzene rings is 2. The number of carbonyl (C=O) groups is 1. The predicted molar refractivity (Wildman–Crippen MR) is 139 cm³/mol. The SMILES string of the molecule is O=C(N[C@@H](c1ccccn1)C1CC1)c1ccc2[nH]nc(-c3ccc(N4C5CCC4COC5)cc3)c2c1. The summed E-state index contributed by atoms with van der Waals surface area (Å²) in [6.45, 7) is 1.63. The summed E-state index contributed by atoms with van der Waals surface area (Å²) in [6, 6.07) is 21.2. The van der Waals surface area contributed by atoms with Gasteiger partial charge in [0.05, 0.1) is 48.2 Å². The number of hydrogen-bond acceptors (Lipinski definition) is 5. The molecule has 2 unspecified atom stereocenters. The van der Waals surface area contributed by atoms with Gasteiger partial charge in [0.2, 0.25) is 0 Å². The minimum atomic E-state index is -0.0789. The van der Waals surface area contributed by atoms with Crippen molar-refractivity contribution >= 4 is 22.5 Å². The molecule has 2 aliphatic heterocycles. The van der Waals surface area contributed by atoms with Crippen molar-refractivity contribution in [3.63, 3.8) is 0 Å². The first-order chi connectivity index (χ1) is 17.7. The van der Waals surface area contributed by atoms with Crippen LogP contribution in [0.15, 0.2) is 66.9 Å². The third-order valence-corrected chi connectivity index (χ3v) is 7.89. The first-order valence-electron chi connectivity index (χ1n) is 12.9. The van der Waals surface area contributed by atoms with Crippen molar-refractivity contribution in [2.75, 3.05) is 18.1 Å². The normalized spacial score (nSPS) is 22.1. The number of nitrogens with zero attached hydrogens (tertiary/aromatic N) is 3. The minimum absolute atomic E-state index is 0.0544. The summed E-state index contributed by atoms with van der Waals surface area (Å²) in [7, 11) is 0. The number of nitrogens with one attached hydrogen (secondary N) is 2. The Morgan fingerprint density at radius 3 is 2.53 bits per heavy atom. The number of ether oxygens (including phenoxy) is 1. The number of H-pyrrole nitrogens is 1. The summed E-state index contributed by atoms with van der Waals surface area (Å²) in [5.41, 5.74) is 5.61. The van der Waals surface area contributed by atoms with Crippen molar-refractivity contribution in [3.05, 3.63) is 78.1 Å². The van der Waals surface area contributed by atoms with E-state index in [0.717, 1.165) is 53.9 Å². The summed E-state index contributed by atoms with van der Waals surface area (Å²) < 4.78 is 5.74. The Labute approximate surface area is 209 Å². The van der Waals surface area contributed by atoms with E-state index < -0.39 is 0 Å². The number of hydrogen-bond donors (Lipinski definition) is 2. The number of rotatable bonds is 6. The lowest BCUT2D eigenvalue weighted by Crippen LogP contribution is -2.45. The molecule has 7 rings (SSSR count). The van der Waals surface area contributed by atoms with Crippen LogP contribution in [-0.2, 0) is 4.74 Å². The first kappa shape index (κ1) is 21.6. The van der Waals surface area contributed by atoms with E-state index in [1.165, 1.54) is 18.5 Å². The van der Waals surface area contributed by atoms with Gasteiger partial charge in [-0.2, -0.15) is 5.10 Å². The van der Waals surface area contributed by atoms with Gasteiger partial charge in [-0.25, -0.2) is 0 Å². The standard InChI is InChI=1S/C29H29N5O2/c35-29(31-28(19-4-5-19)26-3-1-2-14-30-26)20-8-13-25-24(15-20)27(33-32-25)18-6-9-21(10-7-18)34-22-11-12-23(34)17-36-16-22/h1-3,6-10,13-15,19,22-23,28H,4-5,11-12,16-17H2,(H,31,35)(H,32,33)/t22?,23?,28-/m1/s1. The van der Waals surface area contributed by atoms with Crippen molar-refractivity contribution in [2.24, 2.45) is 5.92 Å². The van der Waals surface area contributed by atoms with Gasteiger partial charge in [-0.15, -0.1) is 0 Å². The molecule has 182 valence electrons. The third-order valence-electron chi connectivity index (χ3n) is 7.89. The fourth-order valence-corrected chi connectivity index (χ4v) is 5.86. The molecule has 2 saturated heterocycles. The maximum Gasteiger partial charge on any atom is 0.251 e. The number of carbonyl (C=O) groups excluding carboxylic acids is 1. The quantitative estimate of drug-likeness (QED) is 0.412. The molecule has 7 nitrogen and oxygen atoms in total. The van der Waals surface area contributed by atoms with E-state index in [2.05, 4.69) is 49.7 Å². The zero-order chi connectivity index (χ0) is 24.1. The van der Waals surface area contributed by atoms with Crippen LogP contribution in [0.1, 0.15) is 47.8 Å². The maximum absolute atomic E-state index is 13.3. The van der Waals surface area contributed by atoms with Crippen molar-refractivity contribution < 1.29 is 9.53 Å². The van der Waals surface area contributed by atoms with E-state index >= 15 is 0 Å². The molecule has 1 saturated carbocycles. The summed E-state index contributed by atoms with van der Waals surface area (Å²) in [5.74, 6) is 0.377. The van der Waals surface area contributed by atoms with Crippen LogP contribution in [0, 0.1) is 5.92 Å². The highest BCUT2D eigenvalue weighted by Crippen LogP contribution is 2.40. The van der Waals surface area contributed by atoms with Crippen LogP contribution in [-0.4, -0.2) is 46.4 Å². The summed E-state index contributed by atoms with van der Waals surface area (Å²) in [5, 5.41) is 11.9. The molecule has 3 atom stereocenters. The van der Waals surface area contributed by atoms with Crippen LogP contribution in [0.25, 0.3) is 22.2 Å². The van der Waals surface area contributed by atoms with E-state index in [-0.39, 0.29) is 11.9 Å². The average Bonchev–Trinajstić information content (AvgIpc) is 3.63. The second-order valence-corrected chi connectivity index (χ2v) is 10.3. The molecule has 2 bridgehead atoms. The number of aromatic amines is 1. The van der Waals surface area contributed by atoms with Crippen molar-refractivity contribution in [3.8, 4) is 11.3 Å². The average molecular weight is 480 g/mol. The highest BCUT2D eigenvalue weighted by atomic mass is 16.5. The van der Waals surface area contributed by atoms with E-state index in [9.17, 15) is 4.79 Å². The highest BCUT2D eigenvalue weighted by molar-refractivity contribution is 6.01. The molecule has 4 heterocycles. The highest BCUT2D eigenvalue weighted by Gasteiger charge is 2.37. The molecule has 4 aromatic rings. The summed E-state index contributed by atoms with van der Waals surface area (Å²) in [4.78, 5) is 20.3. The Balaban J connectivity index is 1.15. The van der Waals surface area contributed by atoms with E-state index in [4.69, 9.17) is 4.74 Å². The predicted octanol–water partition coefficient (Wildman–Crippen LogP) is 4.87. The van der Waals surface area contributed by atoms with E-state index in [0.29, 0.717) is 23.6 Å².